The third-order valence-electron chi connectivity index (χ3n) is 10.5. The first-order valence-electron chi connectivity index (χ1n) is 11.5. The van der Waals surface area contributed by atoms with E-state index in [0.29, 0.717) is 42.9 Å². The van der Waals surface area contributed by atoms with E-state index in [9.17, 15) is 19.8 Å². The van der Waals surface area contributed by atoms with Gasteiger partial charge in [0.25, 0.3) is 0 Å². The highest BCUT2D eigenvalue weighted by Crippen LogP contribution is 2.69. The van der Waals surface area contributed by atoms with Gasteiger partial charge < -0.3 is 15.0 Å². The van der Waals surface area contributed by atoms with Gasteiger partial charge in [-0.2, -0.15) is 0 Å². The summed E-state index contributed by atoms with van der Waals surface area (Å²) in [4.78, 5) is 24.5. The average Bonchev–Trinajstić information content (AvgIpc) is 2.86. The van der Waals surface area contributed by atoms with Gasteiger partial charge in [0.05, 0.1) is 5.60 Å². The third kappa shape index (κ3) is 2.58. The summed E-state index contributed by atoms with van der Waals surface area (Å²) in [7, 11) is 0. The predicted octanol–water partition coefficient (Wildman–Crippen LogP) is 3.35. The standard InChI is InChI=1S/C24H38O4/c1-5-16(21(26)27)20-13-15(25)12-14-6-7-17-18-9-11-23(3,28)22(18,2)10-8-19(17)24(14,20)4/h14,16-20,28H,5-13H2,1-4H3,(H,26,27)/p-1/t14?,16?,17-,18-,19-,20?,22-,23?,24-/m0/s1. The molecule has 158 valence electrons. The van der Waals surface area contributed by atoms with E-state index in [-0.39, 0.29) is 22.5 Å². The molecule has 0 bridgehead atoms. The largest absolute Gasteiger partial charge is 0.550 e. The van der Waals surface area contributed by atoms with Gasteiger partial charge in [0, 0.05) is 24.7 Å². The summed E-state index contributed by atoms with van der Waals surface area (Å²) in [6.45, 7) is 8.54. The fourth-order valence-electron chi connectivity index (χ4n) is 8.63. The van der Waals surface area contributed by atoms with Gasteiger partial charge >= 0.3 is 0 Å². The molecule has 4 nitrogen and oxygen atoms in total. The Labute approximate surface area is 169 Å². The minimum Gasteiger partial charge on any atom is -0.550 e. The molecule has 0 aliphatic heterocycles. The van der Waals surface area contributed by atoms with Gasteiger partial charge in [0.1, 0.15) is 5.78 Å². The number of carbonyl (C=O) groups is 2. The Balaban J connectivity index is 1.72. The van der Waals surface area contributed by atoms with E-state index in [1.807, 2.05) is 13.8 Å². The van der Waals surface area contributed by atoms with E-state index in [1.165, 1.54) is 0 Å². The number of carboxylic acids is 1. The highest BCUT2D eigenvalue weighted by Gasteiger charge is 2.65. The normalized spacial score (nSPS) is 51.8. The average molecular weight is 390 g/mol. The lowest BCUT2D eigenvalue weighted by molar-refractivity contribution is -0.316. The molecule has 0 heterocycles. The van der Waals surface area contributed by atoms with E-state index in [4.69, 9.17) is 0 Å². The second-order valence-corrected chi connectivity index (χ2v) is 11.2. The molecule has 4 rings (SSSR count). The number of fused-ring (bicyclic) bond motifs is 5. The molecule has 0 aromatic carbocycles. The van der Waals surface area contributed by atoms with E-state index in [1.54, 1.807) is 0 Å². The van der Waals surface area contributed by atoms with Crippen molar-refractivity contribution in [1.29, 1.82) is 0 Å². The van der Waals surface area contributed by atoms with Crippen LogP contribution in [-0.2, 0) is 9.59 Å². The third-order valence-corrected chi connectivity index (χ3v) is 10.5. The fourth-order valence-corrected chi connectivity index (χ4v) is 8.63. The number of rotatable bonds is 3. The predicted molar refractivity (Wildman–Crippen MR) is 105 cm³/mol. The molecule has 0 spiro atoms. The van der Waals surface area contributed by atoms with Crippen molar-refractivity contribution in [2.45, 2.75) is 91.1 Å². The van der Waals surface area contributed by atoms with Crippen LogP contribution in [0, 0.1) is 46.3 Å². The van der Waals surface area contributed by atoms with Crippen molar-refractivity contribution >= 4 is 11.8 Å². The molecule has 4 heteroatoms. The van der Waals surface area contributed by atoms with Crippen molar-refractivity contribution in [2.24, 2.45) is 46.3 Å². The number of ketones is 1. The monoisotopic (exact) mass is 389 g/mol. The summed E-state index contributed by atoms with van der Waals surface area (Å²) in [6.07, 6.45) is 7.73. The molecule has 4 aliphatic carbocycles. The van der Waals surface area contributed by atoms with Crippen molar-refractivity contribution in [3.63, 3.8) is 0 Å². The van der Waals surface area contributed by atoms with Crippen LogP contribution in [0.25, 0.3) is 0 Å². The number of hydrogen-bond donors (Lipinski definition) is 1. The molecule has 4 saturated carbocycles. The van der Waals surface area contributed by atoms with Gasteiger partial charge in [-0.15, -0.1) is 0 Å². The van der Waals surface area contributed by atoms with Gasteiger partial charge in [-0.25, -0.2) is 0 Å². The van der Waals surface area contributed by atoms with Crippen molar-refractivity contribution in [3.8, 4) is 0 Å². The molecule has 28 heavy (non-hydrogen) atoms. The van der Waals surface area contributed by atoms with Gasteiger partial charge in [0.2, 0.25) is 0 Å². The zero-order chi connectivity index (χ0) is 20.5. The Hall–Kier alpha value is -0.900. The van der Waals surface area contributed by atoms with Crippen molar-refractivity contribution in [3.05, 3.63) is 0 Å². The number of Topliss-reactive ketones (excluding diaryl/α,β-unsaturated/α-hetero) is 1. The molecule has 9 atom stereocenters. The zero-order valence-electron chi connectivity index (χ0n) is 18.0. The van der Waals surface area contributed by atoms with Gasteiger partial charge in [-0.05, 0) is 92.3 Å². The maximum atomic E-state index is 12.5. The van der Waals surface area contributed by atoms with Crippen LogP contribution in [0.3, 0.4) is 0 Å². The molecule has 0 amide bonds. The lowest BCUT2D eigenvalue weighted by Gasteiger charge is -2.64. The summed E-state index contributed by atoms with van der Waals surface area (Å²) < 4.78 is 0. The van der Waals surface area contributed by atoms with Crippen LogP contribution < -0.4 is 5.11 Å². The van der Waals surface area contributed by atoms with E-state index < -0.39 is 17.5 Å². The minimum atomic E-state index is -0.978. The summed E-state index contributed by atoms with van der Waals surface area (Å²) >= 11 is 0. The lowest BCUT2D eigenvalue weighted by atomic mass is 9.41. The molecule has 4 fully saturated rings. The summed E-state index contributed by atoms with van der Waals surface area (Å²) in [5, 5.41) is 23.1. The highest BCUT2D eigenvalue weighted by atomic mass is 16.4. The van der Waals surface area contributed by atoms with Crippen LogP contribution in [-0.4, -0.2) is 22.5 Å². The summed E-state index contributed by atoms with van der Waals surface area (Å²) in [5.74, 6) is 0.459. The SMILES string of the molecule is CCC(C(=O)[O-])C1CC(=O)CC2CC[C@@H]3[C@H](CC[C@@]4(C)[C@H]3CCC4(C)O)[C@]21C. The Bertz CT molecular complexity index is 670. The van der Waals surface area contributed by atoms with Crippen LogP contribution in [0.5, 0.6) is 0 Å². The minimum absolute atomic E-state index is 0.0319. The van der Waals surface area contributed by atoms with Crippen molar-refractivity contribution in [2.75, 3.05) is 0 Å². The molecule has 1 N–H and O–H groups in total. The topological polar surface area (TPSA) is 77.4 Å². The van der Waals surface area contributed by atoms with Gasteiger partial charge in [0.15, 0.2) is 0 Å². The molecule has 0 aromatic heterocycles. The maximum absolute atomic E-state index is 12.5. The second-order valence-electron chi connectivity index (χ2n) is 11.2. The number of aliphatic carboxylic acids is 1. The smallest absolute Gasteiger partial charge is 0.133 e. The highest BCUT2D eigenvalue weighted by molar-refractivity contribution is 5.81. The first kappa shape index (κ1) is 20.4. The van der Waals surface area contributed by atoms with Crippen LogP contribution in [0.4, 0.5) is 0 Å². The molecule has 0 radical (unpaired) electrons. The molecule has 4 aliphatic rings. The maximum Gasteiger partial charge on any atom is 0.133 e. The number of carbonyl (C=O) groups excluding carboxylic acids is 2. The molecular formula is C24H37O4-. The molecule has 0 saturated heterocycles. The van der Waals surface area contributed by atoms with Gasteiger partial charge in [-0.3, -0.25) is 4.79 Å². The van der Waals surface area contributed by atoms with E-state index in [2.05, 4.69) is 13.8 Å². The number of aliphatic hydroxyl groups is 1. The Morgan fingerprint density at radius 2 is 1.79 bits per heavy atom. The Morgan fingerprint density at radius 3 is 2.43 bits per heavy atom. The van der Waals surface area contributed by atoms with Crippen LogP contribution in [0.2, 0.25) is 0 Å². The number of carboxylic acid groups (broad SMARTS) is 1. The lowest BCUT2D eigenvalue weighted by Crippen LogP contribution is -2.60. The molecule has 0 aromatic rings. The van der Waals surface area contributed by atoms with Crippen molar-refractivity contribution < 1.29 is 19.8 Å². The summed E-state index contributed by atoms with van der Waals surface area (Å²) in [5.41, 5.74) is -0.734. The molecular weight excluding hydrogens is 352 g/mol. The Kier molecular flexibility index (Phi) is 4.77. The van der Waals surface area contributed by atoms with Gasteiger partial charge in [-0.1, -0.05) is 20.8 Å². The molecule has 4 unspecified atom stereocenters. The number of hydrogen-bond acceptors (Lipinski definition) is 4. The first-order valence-corrected chi connectivity index (χ1v) is 11.5. The van der Waals surface area contributed by atoms with Crippen molar-refractivity contribution in [1.82, 2.24) is 0 Å². The Morgan fingerprint density at radius 1 is 1.11 bits per heavy atom. The fraction of sp³-hybridized carbons (Fsp3) is 0.917. The zero-order valence-corrected chi connectivity index (χ0v) is 18.0. The van der Waals surface area contributed by atoms with Crippen LogP contribution in [0.1, 0.15) is 85.5 Å². The second kappa shape index (κ2) is 6.55. The van der Waals surface area contributed by atoms with Crippen LogP contribution in [0.15, 0.2) is 0 Å². The van der Waals surface area contributed by atoms with E-state index >= 15 is 0 Å². The quantitative estimate of drug-likeness (QED) is 0.803. The summed E-state index contributed by atoms with van der Waals surface area (Å²) in [6, 6.07) is 0. The van der Waals surface area contributed by atoms with Crippen LogP contribution >= 0.6 is 0 Å². The first-order chi connectivity index (χ1) is 13.1. The van der Waals surface area contributed by atoms with E-state index in [0.717, 1.165) is 38.5 Å².